The Bertz CT molecular complexity index is 406. The Morgan fingerprint density at radius 2 is 2.12 bits per heavy atom. The summed E-state index contributed by atoms with van der Waals surface area (Å²) in [5.74, 6) is 0.877. The van der Waals surface area contributed by atoms with Gasteiger partial charge in [0, 0.05) is 27.2 Å². The van der Waals surface area contributed by atoms with Gasteiger partial charge in [0.2, 0.25) is 0 Å². The summed E-state index contributed by atoms with van der Waals surface area (Å²) in [6.45, 7) is 1.12. The van der Waals surface area contributed by atoms with Gasteiger partial charge in [-0.3, -0.25) is 4.57 Å². The molecule has 1 aliphatic rings. The van der Waals surface area contributed by atoms with E-state index in [1.165, 1.54) is 4.68 Å². The number of aryl methyl sites for hydroxylation is 1. The Kier molecular flexibility index (Phi) is 3.40. The van der Waals surface area contributed by atoms with Crippen molar-refractivity contribution in [2.75, 3.05) is 14.2 Å². The third-order valence-corrected chi connectivity index (χ3v) is 2.88. The van der Waals surface area contributed by atoms with Crippen molar-refractivity contribution in [2.24, 2.45) is 0 Å². The monoisotopic (exact) mass is 227 g/mol. The zero-order valence-electron chi connectivity index (χ0n) is 9.68. The molecule has 1 aliphatic heterocycles. The molecule has 0 unspecified atom stereocenters. The standard InChI is InChI=1S/C10H17N3O3/c1-15-9(16-2)7-13-10(14)12-6-4-3-5-8(12)11-13/h9H,3-7H2,1-2H3. The second kappa shape index (κ2) is 4.80. The Labute approximate surface area is 93.8 Å². The number of ether oxygens (including phenoxy) is 2. The van der Waals surface area contributed by atoms with Crippen LogP contribution in [0.1, 0.15) is 18.7 Å². The van der Waals surface area contributed by atoms with Crippen molar-refractivity contribution in [1.29, 1.82) is 0 Å². The zero-order chi connectivity index (χ0) is 11.5. The van der Waals surface area contributed by atoms with Gasteiger partial charge in [-0.05, 0) is 12.8 Å². The quantitative estimate of drug-likeness (QED) is 0.679. The Balaban J connectivity index is 2.22. The molecule has 0 radical (unpaired) electrons. The molecule has 0 bridgehead atoms. The molecular formula is C10H17N3O3. The number of hydrogen-bond acceptors (Lipinski definition) is 4. The molecule has 16 heavy (non-hydrogen) atoms. The molecule has 6 heteroatoms. The van der Waals surface area contributed by atoms with Gasteiger partial charge in [0.05, 0.1) is 6.54 Å². The van der Waals surface area contributed by atoms with Crippen molar-refractivity contribution < 1.29 is 9.47 Å². The van der Waals surface area contributed by atoms with E-state index in [2.05, 4.69) is 5.10 Å². The third kappa shape index (κ3) is 2.03. The van der Waals surface area contributed by atoms with Crippen LogP contribution in [-0.4, -0.2) is 34.9 Å². The smallest absolute Gasteiger partial charge is 0.346 e. The van der Waals surface area contributed by atoms with Crippen molar-refractivity contribution in [3.05, 3.63) is 16.3 Å². The van der Waals surface area contributed by atoms with E-state index in [4.69, 9.17) is 9.47 Å². The molecule has 2 rings (SSSR count). The van der Waals surface area contributed by atoms with Crippen LogP contribution >= 0.6 is 0 Å². The summed E-state index contributed by atoms with van der Waals surface area (Å²) >= 11 is 0. The average molecular weight is 227 g/mol. The number of methoxy groups -OCH3 is 2. The lowest BCUT2D eigenvalue weighted by molar-refractivity contribution is -0.113. The van der Waals surface area contributed by atoms with Crippen LogP contribution < -0.4 is 5.69 Å². The van der Waals surface area contributed by atoms with E-state index < -0.39 is 6.29 Å². The van der Waals surface area contributed by atoms with Crippen LogP contribution in [0.2, 0.25) is 0 Å². The molecule has 6 nitrogen and oxygen atoms in total. The lowest BCUT2D eigenvalue weighted by Crippen LogP contribution is -2.31. The molecule has 0 amide bonds. The van der Waals surface area contributed by atoms with E-state index in [-0.39, 0.29) is 5.69 Å². The number of aromatic nitrogens is 3. The van der Waals surface area contributed by atoms with Gasteiger partial charge in [-0.1, -0.05) is 0 Å². The Morgan fingerprint density at radius 1 is 1.38 bits per heavy atom. The SMILES string of the molecule is COC(Cn1nc2n(c1=O)CCCC2)OC. The summed E-state index contributed by atoms with van der Waals surface area (Å²) in [5, 5.41) is 4.29. The molecule has 0 aliphatic carbocycles. The van der Waals surface area contributed by atoms with E-state index in [9.17, 15) is 4.79 Å². The predicted molar refractivity (Wildman–Crippen MR) is 57.2 cm³/mol. The predicted octanol–water partition coefficient (Wildman–Crippen LogP) is -0.000000000000000666. The van der Waals surface area contributed by atoms with Gasteiger partial charge in [0.15, 0.2) is 6.29 Å². The molecule has 0 N–H and O–H groups in total. The minimum atomic E-state index is -0.422. The molecule has 0 fully saturated rings. The number of fused-ring (bicyclic) bond motifs is 1. The van der Waals surface area contributed by atoms with Gasteiger partial charge < -0.3 is 9.47 Å². The lowest BCUT2D eigenvalue weighted by atomic mass is 10.2. The van der Waals surface area contributed by atoms with Crippen LogP contribution in [0.3, 0.4) is 0 Å². The fourth-order valence-electron chi connectivity index (χ4n) is 1.95. The van der Waals surface area contributed by atoms with E-state index >= 15 is 0 Å². The van der Waals surface area contributed by atoms with Crippen molar-refractivity contribution in [3.8, 4) is 0 Å². The van der Waals surface area contributed by atoms with Gasteiger partial charge in [-0.25, -0.2) is 9.48 Å². The zero-order valence-corrected chi connectivity index (χ0v) is 9.68. The number of rotatable bonds is 4. The highest BCUT2D eigenvalue weighted by Gasteiger charge is 2.18. The molecule has 1 aromatic heterocycles. The third-order valence-electron chi connectivity index (χ3n) is 2.88. The van der Waals surface area contributed by atoms with Crippen molar-refractivity contribution >= 4 is 0 Å². The maximum atomic E-state index is 11.9. The molecule has 0 saturated heterocycles. The van der Waals surface area contributed by atoms with E-state index in [0.717, 1.165) is 31.6 Å². The number of hydrogen-bond donors (Lipinski definition) is 0. The van der Waals surface area contributed by atoms with Crippen LogP contribution in [-0.2, 0) is 29.0 Å². The maximum absolute atomic E-state index is 11.9. The Morgan fingerprint density at radius 3 is 2.75 bits per heavy atom. The molecule has 1 aromatic rings. The first-order chi connectivity index (χ1) is 7.76. The van der Waals surface area contributed by atoms with Gasteiger partial charge in [0.1, 0.15) is 5.82 Å². The van der Waals surface area contributed by atoms with Crippen LogP contribution in [0.15, 0.2) is 4.79 Å². The molecule has 0 atom stereocenters. The fraction of sp³-hybridized carbons (Fsp3) is 0.800. The lowest BCUT2D eigenvalue weighted by Gasteiger charge is -2.11. The highest BCUT2D eigenvalue weighted by molar-refractivity contribution is 4.91. The average Bonchev–Trinajstić information content (AvgIpc) is 2.64. The van der Waals surface area contributed by atoms with E-state index in [1.54, 1.807) is 18.8 Å². The molecule has 2 heterocycles. The molecule has 0 spiro atoms. The minimum Gasteiger partial charge on any atom is -0.354 e. The summed E-state index contributed by atoms with van der Waals surface area (Å²) in [7, 11) is 3.10. The molecular weight excluding hydrogens is 210 g/mol. The fourth-order valence-corrected chi connectivity index (χ4v) is 1.95. The van der Waals surface area contributed by atoms with Gasteiger partial charge in [-0.15, -0.1) is 0 Å². The first-order valence-corrected chi connectivity index (χ1v) is 5.48. The van der Waals surface area contributed by atoms with Gasteiger partial charge in [-0.2, -0.15) is 5.10 Å². The normalized spacial score (nSPS) is 15.4. The summed E-state index contributed by atoms with van der Waals surface area (Å²) in [6, 6.07) is 0. The highest BCUT2D eigenvalue weighted by atomic mass is 16.7. The minimum absolute atomic E-state index is 0.0613. The largest absolute Gasteiger partial charge is 0.354 e. The summed E-state index contributed by atoms with van der Waals surface area (Å²) in [6.07, 6.45) is 2.62. The first kappa shape index (κ1) is 11.3. The molecule has 0 aromatic carbocycles. The molecule has 90 valence electrons. The van der Waals surface area contributed by atoms with Crippen LogP contribution in [0.5, 0.6) is 0 Å². The first-order valence-electron chi connectivity index (χ1n) is 5.48. The Hall–Kier alpha value is -1.14. The number of nitrogens with zero attached hydrogens (tertiary/aromatic N) is 3. The van der Waals surface area contributed by atoms with E-state index in [0.29, 0.717) is 6.54 Å². The van der Waals surface area contributed by atoms with Crippen LogP contribution in [0.4, 0.5) is 0 Å². The summed E-state index contributed by atoms with van der Waals surface area (Å²) in [5.41, 5.74) is -0.0613. The van der Waals surface area contributed by atoms with Crippen LogP contribution in [0.25, 0.3) is 0 Å². The van der Waals surface area contributed by atoms with E-state index in [1.807, 2.05) is 0 Å². The second-order valence-corrected chi connectivity index (χ2v) is 3.89. The van der Waals surface area contributed by atoms with Crippen molar-refractivity contribution in [2.45, 2.75) is 38.6 Å². The highest BCUT2D eigenvalue weighted by Crippen LogP contribution is 2.09. The van der Waals surface area contributed by atoms with Crippen molar-refractivity contribution in [3.63, 3.8) is 0 Å². The summed E-state index contributed by atoms with van der Waals surface area (Å²) in [4.78, 5) is 11.9. The van der Waals surface area contributed by atoms with Crippen LogP contribution in [0, 0.1) is 0 Å². The summed E-state index contributed by atoms with van der Waals surface area (Å²) < 4.78 is 13.3. The maximum Gasteiger partial charge on any atom is 0.346 e. The van der Waals surface area contributed by atoms with Gasteiger partial charge >= 0.3 is 5.69 Å². The van der Waals surface area contributed by atoms with Crippen molar-refractivity contribution in [1.82, 2.24) is 14.3 Å². The second-order valence-electron chi connectivity index (χ2n) is 3.89. The molecule has 0 saturated carbocycles. The topological polar surface area (TPSA) is 58.3 Å². The van der Waals surface area contributed by atoms with Gasteiger partial charge in [0.25, 0.3) is 0 Å².